The normalized spacial score (nSPS) is 15.0. The van der Waals surface area contributed by atoms with Crippen molar-refractivity contribution in [2.24, 2.45) is 4.40 Å². The maximum atomic E-state index is 13.2. The fourth-order valence-corrected chi connectivity index (χ4v) is 2.53. The number of alkyl halides is 2. The summed E-state index contributed by atoms with van der Waals surface area (Å²) < 4.78 is 42.0. The molecule has 1 aromatic carbocycles. The zero-order valence-electron chi connectivity index (χ0n) is 12.4. The SMILES string of the molecule is CC(=N[S+]([O-])C(C)(C)C)c1cc(C(F)F)c2cc[nH]c2c1. The van der Waals surface area contributed by atoms with Gasteiger partial charge in [0.1, 0.15) is 16.1 Å². The number of rotatable bonds is 3. The van der Waals surface area contributed by atoms with Crippen LogP contribution in [0.5, 0.6) is 0 Å². The van der Waals surface area contributed by atoms with Crippen molar-refractivity contribution in [3.63, 3.8) is 0 Å². The van der Waals surface area contributed by atoms with E-state index in [9.17, 15) is 13.3 Å². The van der Waals surface area contributed by atoms with Gasteiger partial charge in [0.2, 0.25) is 0 Å². The minimum atomic E-state index is -2.57. The lowest BCUT2D eigenvalue weighted by Crippen LogP contribution is -2.26. The van der Waals surface area contributed by atoms with Gasteiger partial charge in [-0.2, -0.15) is 0 Å². The Hall–Kier alpha value is -1.40. The summed E-state index contributed by atoms with van der Waals surface area (Å²) >= 11 is -1.42. The van der Waals surface area contributed by atoms with E-state index in [1.807, 2.05) is 20.8 Å². The van der Waals surface area contributed by atoms with Gasteiger partial charge in [-0.1, -0.05) is 4.40 Å². The minimum Gasteiger partial charge on any atom is -0.591 e. The standard InChI is InChI=1S/C15H18F2N2OS/c1-9(19-21(20)15(2,3)4)10-7-12(14(16)17)11-5-6-18-13(11)8-10/h5-8,14,18H,1-4H3. The fourth-order valence-electron chi connectivity index (χ4n) is 1.90. The second kappa shape index (κ2) is 5.77. The van der Waals surface area contributed by atoms with E-state index in [4.69, 9.17) is 0 Å². The zero-order chi connectivity index (χ0) is 15.8. The van der Waals surface area contributed by atoms with Crippen LogP contribution in [-0.2, 0) is 11.4 Å². The van der Waals surface area contributed by atoms with Gasteiger partial charge in [-0.3, -0.25) is 0 Å². The molecule has 0 spiro atoms. The number of H-pyrrole nitrogens is 1. The van der Waals surface area contributed by atoms with Gasteiger partial charge in [0.05, 0.1) is 5.71 Å². The van der Waals surface area contributed by atoms with Crippen molar-refractivity contribution in [1.82, 2.24) is 4.98 Å². The Bertz CT molecular complexity index is 674. The van der Waals surface area contributed by atoms with Crippen molar-refractivity contribution >= 4 is 28.0 Å². The second-order valence-electron chi connectivity index (χ2n) is 5.84. The van der Waals surface area contributed by atoms with Crippen LogP contribution in [-0.4, -0.2) is 20.0 Å². The first-order valence-electron chi connectivity index (χ1n) is 6.57. The van der Waals surface area contributed by atoms with Crippen LogP contribution in [0.2, 0.25) is 0 Å². The average Bonchev–Trinajstić information content (AvgIpc) is 2.83. The molecule has 0 saturated heterocycles. The van der Waals surface area contributed by atoms with Crippen molar-refractivity contribution < 1.29 is 13.3 Å². The topological polar surface area (TPSA) is 51.2 Å². The Labute approximate surface area is 125 Å². The number of benzene rings is 1. The van der Waals surface area contributed by atoms with Crippen LogP contribution < -0.4 is 0 Å². The van der Waals surface area contributed by atoms with E-state index in [0.29, 0.717) is 22.2 Å². The highest BCUT2D eigenvalue weighted by Crippen LogP contribution is 2.29. The van der Waals surface area contributed by atoms with E-state index >= 15 is 0 Å². The van der Waals surface area contributed by atoms with Crippen LogP contribution in [0.3, 0.4) is 0 Å². The van der Waals surface area contributed by atoms with Crippen molar-refractivity contribution in [3.8, 4) is 0 Å². The number of halogens is 2. The first kappa shape index (κ1) is 16.0. The molecular formula is C15H18F2N2OS. The fraction of sp³-hybridized carbons (Fsp3) is 0.400. The summed E-state index contributed by atoms with van der Waals surface area (Å²) in [5.74, 6) is 0. The summed E-state index contributed by atoms with van der Waals surface area (Å²) in [6.07, 6.45) is -0.940. The smallest absolute Gasteiger partial charge is 0.264 e. The molecule has 1 atom stereocenters. The van der Waals surface area contributed by atoms with Gasteiger partial charge < -0.3 is 9.54 Å². The lowest BCUT2D eigenvalue weighted by atomic mass is 10.0. The maximum absolute atomic E-state index is 13.2. The van der Waals surface area contributed by atoms with E-state index in [1.54, 1.807) is 25.3 Å². The third-order valence-corrected chi connectivity index (χ3v) is 4.58. The van der Waals surface area contributed by atoms with Crippen LogP contribution in [0.1, 0.15) is 45.2 Å². The molecule has 0 bridgehead atoms. The summed E-state index contributed by atoms with van der Waals surface area (Å²) in [6.45, 7) is 7.14. The lowest BCUT2D eigenvalue weighted by molar-refractivity contribution is 0.153. The molecule has 1 N–H and O–H groups in total. The van der Waals surface area contributed by atoms with Gasteiger partial charge >= 0.3 is 0 Å². The van der Waals surface area contributed by atoms with Gasteiger partial charge in [-0.15, -0.1) is 0 Å². The van der Waals surface area contributed by atoms with E-state index in [0.717, 1.165) is 0 Å². The molecule has 0 radical (unpaired) electrons. The molecule has 21 heavy (non-hydrogen) atoms. The first-order valence-corrected chi connectivity index (χ1v) is 7.67. The monoisotopic (exact) mass is 312 g/mol. The van der Waals surface area contributed by atoms with Gasteiger partial charge in [0.25, 0.3) is 6.43 Å². The summed E-state index contributed by atoms with van der Waals surface area (Å²) in [4.78, 5) is 2.93. The predicted molar refractivity (Wildman–Crippen MR) is 83.4 cm³/mol. The molecule has 0 saturated carbocycles. The summed E-state index contributed by atoms with van der Waals surface area (Å²) in [6, 6.07) is 4.79. The number of nitrogens with one attached hydrogen (secondary N) is 1. The first-order chi connectivity index (χ1) is 9.70. The average molecular weight is 312 g/mol. The summed E-state index contributed by atoms with van der Waals surface area (Å²) in [7, 11) is 0. The van der Waals surface area contributed by atoms with Gasteiger partial charge in [0, 0.05) is 28.2 Å². The lowest BCUT2D eigenvalue weighted by Gasteiger charge is -2.19. The summed E-state index contributed by atoms with van der Waals surface area (Å²) in [5, 5.41) is 0.499. The summed E-state index contributed by atoms with van der Waals surface area (Å²) in [5.41, 5.74) is 1.62. The molecule has 2 rings (SSSR count). The molecule has 1 heterocycles. The number of hydrogen-bond donors (Lipinski definition) is 1. The molecular weight excluding hydrogens is 294 g/mol. The molecule has 0 aliphatic carbocycles. The predicted octanol–water partition coefficient (Wildman–Crippen LogP) is 4.38. The second-order valence-corrected chi connectivity index (χ2v) is 7.75. The Morgan fingerprint density at radius 1 is 1.33 bits per heavy atom. The van der Waals surface area contributed by atoms with E-state index < -0.39 is 22.5 Å². The Morgan fingerprint density at radius 3 is 2.57 bits per heavy atom. The molecule has 2 aromatic rings. The third kappa shape index (κ3) is 3.44. The molecule has 0 aliphatic heterocycles. The third-order valence-electron chi connectivity index (χ3n) is 3.10. The van der Waals surface area contributed by atoms with E-state index in [-0.39, 0.29) is 5.56 Å². The van der Waals surface area contributed by atoms with Crippen molar-refractivity contribution in [2.45, 2.75) is 38.9 Å². The molecule has 0 aliphatic rings. The number of aromatic nitrogens is 1. The van der Waals surface area contributed by atoms with Gasteiger partial charge in [-0.05, 0) is 45.9 Å². The van der Waals surface area contributed by atoms with Crippen LogP contribution in [0.25, 0.3) is 10.9 Å². The van der Waals surface area contributed by atoms with Crippen molar-refractivity contribution in [1.29, 1.82) is 0 Å². The Balaban J connectivity index is 2.49. The number of hydrogen-bond acceptors (Lipinski definition) is 2. The van der Waals surface area contributed by atoms with Crippen LogP contribution in [0.15, 0.2) is 28.8 Å². The maximum Gasteiger partial charge on any atom is 0.264 e. The number of fused-ring (bicyclic) bond motifs is 1. The van der Waals surface area contributed by atoms with Gasteiger partial charge in [0.15, 0.2) is 0 Å². The van der Waals surface area contributed by atoms with Crippen LogP contribution in [0, 0.1) is 0 Å². The minimum absolute atomic E-state index is 0.0418. The highest BCUT2D eigenvalue weighted by molar-refractivity contribution is 7.91. The molecule has 6 heteroatoms. The highest BCUT2D eigenvalue weighted by atomic mass is 32.2. The zero-order valence-corrected chi connectivity index (χ0v) is 13.2. The largest absolute Gasteiger partial charge is 0.591 e. The molecule has 114 valence electrons. The Morgan fingerprint density at radius 2 is 2.00 bits per heavy atom. The van der Waals surface area contributed by atoms with Crippen molar-refractivity contribution in [2.75, 3.05) is 0 Å². The molecule has 1 aromatic heterocycles. The van der Waals surface area contributed by atoms with Crippen LogP contribution >= 0.6 is 0 Å². The van der Waals surface area contributed by atoms with Crippen molar-refractivity contribution in [3.05, 3.63) is 35.5 Å². The molecule has 1 unspecified atom stereocenters. The quantitative estimate of drug-likeness (QED) is 0.664. The van der Waals surface area contributed by atoms with Gasteiger partial charge in [-0.25, -0.2) is 8.78 Å². The molecule has 3 nitrogen and oxygen atoms in total. The van der Waals surface area contributed by atoms with E-state index in [2.05, 4.69) is 9.38 Å². The Kier molecular flexibility index (Phi) is 4.39. The molecule has 0 amide bonds. The van der Waals surface area contributed by atoms with Crippen LogP contribution in [0.4, 0.5) is 8.78 Å². The molecule has 0 fully saturated rings. The number of nitrogens with zero attached hydrogens (tertiary/aromatic N) is 1. The van der Waals surface area contributed by atoms with E-state index in [1.165, 1.54) is 6.07 Å². The number of aromatic amines is 1. The highest BCUT2D eigenvalue weighted by Gasteiger charge is 2.27.